The largest absolute Gasteiger partial charge is 0.510 e. The van der Waals surface area contributed by atoms with Crippen molar-refractivity contribution < 1.29 is 39.6 Å². The Labute approximate surface area is 243 Å². The van der Waals surface area contributed by atoms with Crippen LogP contribution in [0.1, 0.15) is 42.1 Å². The number of aliphatic hydroxyl groups excluding tert-OH is 2. The minimum atomic E-state index is -2.72. The van der Waals surface area contributed by atoms with Crippen molar-refractivity contribution in [3.05, 3.63) is 39.9 Å². The third kappa shape index (κ3) is 4.80. The molecule has 1 aromatic rings. The van der Waals surface area contributed by atoms with E-state index < -0.39 is 69.7 Å². The average Bonchev–Trinajstić information content (AvgIpc) is 2.89. The topological polar surface area (TPSA) is 206 Å². The normalized spacial score (nSPS) is 25.3. The van der Waals surface area contributed by atoms with Crippen LogP contribution in [0, 0.1) is 11.8 Å². The third-order valence-corrected chi connectivity index (χ3v) is 8.45. The van der Waals surface area contributed by atoms with Crippen molar-refractivity contribution in [3.63, 3.8) is 0 Å². The number of carbonyl (C=O) groups is 4. The molecule has 0 unspecified atom stereocenters. The summed E-state index contributed by atoms with van der Waals surface area (Å²) in [5.41, 5.74) is 2.37. The van der Waals surface area contributed by atoms with Crippen LogP contribution in [0.5, 0.6) is 5.75 Å². The summed E-state index contributed by atoms with van der Waals surface area (Å²) in [7, 11) is 6.64. The third-order valence-electron chi connectivity index (χ3n) is 8.45. The first-order valence-electron chi connectivity index (χ1n) is 13.9. The number of nitrogens with two attached hydrogens (primary N) is 1. The minimum Gasteiger partial charge on any atom is -0.510 e. The van der Waals surface area contributed by atoms with Crippen molar-refractivity contribution >= 4 is 34.8 Å². The summed E-state index contributed by atoms with van der Waals surface area (Å²) in [4.78, 5) is 55.5. The highest BCUT2D eigenvalue weighted by Crippen LogP contribution is 2.53. The van der Waals surface area contributed by atoms with Gasteiger partial charge in [0, 0.05) is 31.3 Å². The number of benzene rings is 1. The maximum absolute atomic E-state index is 14.1. The molecule has 42 heavy (non-hydrogen) atoms. The Morgan fingerprint density at radius 1 is 1.14 bits per heavy atom. The van der Waals surface area contributed by atoms with Gasteiger partial charge in [-0.05, 0) is 57.5 Å². The van der Waals surface area contributed by atoms with E-state index in [4.69, 9.17) is 5.73 Å². The molecular formula is C29H39N5O8. The van der Waals surface area contributed by atoms with Gasteiger partial charge in [-0.3, -0.25) is 24.1 Å². The fourth-order valence-corrected chi connectivity index (χ4v) is 6.49. The van der Waals surface area contributed by atoms with Gasteiger partial charge in [-0.25, -0.2) is 0 Å². The maximum Gasteiger partial charge on any atom is 0.255 e. The predicted octanol–water partition coefficient (Wildman–Crippen LogP) is 0.515. The Hall–Kier alpha value is -3.94. The number of phenols is 1. The number of hydrogen-bond acceptors (Lipinski definition) is 11. The number of nitrogens with one attached hydrogen (secondary N) is 2. The molecule has 0 radical (unpaired) electrons. The second kappa shape index (κ2) is 11.4. The second-order valence-corrected chi connectivity index (χ2v) is 11.6. The van der Waals surface area contributed by atoms with E-state index in [9.17, 15) is 39.6 Å². The van der Waals surface area contributed by atoms with Crippen molar-refractivity contribution in [1.29, 1.82) is 0 Å². The van der Waals surface area contributed by atoms with E-state index >= 15 is 0 Å². The molecule has 0 aliphatic heterocycles. The zero-order valence-corrected chi connectivity index (χ0v) is 24.4. The Balaban J connectivity index is 1.84. The fourth-order valence-electron chi connectivity index (χ4n) is 6.49. The molecule has 0 bridgehead atoms. The van der Waals surface area contributed by atoms with Gasteiger partial charge < -0.3 is 41.7 Å². The molecule has 0 saturated heterocycles. The summed E-state index contributed by atoms with van der Waals surface area (Å²) in [6.07, 6.45) is 1.97. The highest BCUT2D eigenvalue weighted by molar-refractivity contribution is 6.25. The first-order valence-corrected chi connectivity index (χ1v) is 13.9. The van der Waals surface area contributed by atoms with E-state index in [-0.39, 0.29) is 36.2 Å². The quantitative estimate of drug-likeness (QED) is 0.121. The number of unbranched alkanes of at least 4 members (excludes halogenated alkanes) is 1. The predicted molar refractivity (Wildman–Crippen MR) is 154 cm³/mol. The molecule has 2 amide bonds. The summed E-state index contributed by atoms with van der Waals surface area (Å²) < 4.78 is 0. The Morgan fingerprint density at radius 3 is 2.38 bits per heavy atom. The van der Waals surface area contributed by atoms with Crippen LogP contribution in [0.3, 0.4) is 0 Å². The number of carbonyl (C=O) groups excluding carboxylic acids is 4. The zero-order chi connectivity index (χ0) is 31.3. The average molecular weight is 586 g/mol. The zero-order valence-electron chi connectivity index (χ0n) is 24.4. The Morgan fingerprint density at radius 2 is 1.81 bits per heavy atom. The van der Waals surface area contributed by atoms with Gasteiger partial charge in [0.05, 0.1) is 23.8 Å². The molecule has 3 aliphatic rings. The number of anilines is 2. The molecule has 228 valence electrons. The molecule has 13 nitrogen and oxygen atoms in total. The number of amides is 2. The molecule has 13 heteroatoms. The molecule has 0 fully saturated rings. The van der Waals surface area contributed by atoms with Crippen LogP contribution in [0.25, 0.3) is 0 Å². The molecule has 0 saturated carbocycles. The van der Waals surface area contributed by atoms with Gasteiger partial charge in [0.2, 0.25) is 11.7 Å². The molecule has 1 aromatic carbocycles. The van der Waals surface area contributed by atoms with Gasteiger partial charge >= 0.3 is 0 Å². The first-order chi connectivity index (χ1) is 19.7. The van der Waals surface area contributed by atoms with E-state index in [2.05, 4.69) is 10.6 Å². The number of phenolic OH excluding ortho intramolecular Hbond substituents is 1. The number of rotatable bonds is 9. The SMILES string of the molecule is CCCCNCC(=O)Nc1cc(N(C)C)c2c(c1O)C(=O)C1=C(O)[C@]3(O)C(=O)C(C(N)=O)=C(O)[C@@H](N(C)C)[C@@H]3C[C@@H]1C2. The van der Waals surface area contributed by atoms with Gasteiger partial charge in [-0.15, -0.1) is 0 Å². The van der Waals surface area contributed by atoms with Crippen LogP contribution in [0.15, 0.2) is 28.7 Å². The molecule has 0 aromatic heterocycles. The van der Waals surface area contributed by atoms with E-state index in [1.807, 2.05) is 6.92 Å². The number of primary amides is 1. The monoisotopic (exact) mass is 585 g/mol. The van der Waals surface area contributed by atoms with Crippen molar-refractivity contribution in [2.24, 2.45) is 17.6 Å². The van der Waals surface area contributed by atoms with E-state index in [1.165, 1.54) is 4.90 Å². The number of aromatic hydroxyl groups is 1. The molecule has 4 atom stereocenters. The van der Waals surface area contributed by atoms with Gasteiger partial charge in [-0.1, -0.05) is 13.3 Å². The highest BCUT2D eigenvalue weighted by Gasteiger charge is 2.63. The number of aliphatic hydroxyl groups is 3. The van der Waals surface area contributed by atoms with Crippen molar-refractivity contribution in [3.8, 4) is 5.75 Å². The van der Waals surface area contributed by atoms with Crippen LogP contribution in [-0.2, 0) is 20.8 Å². The number of Topliss-reactive ketones (excluding diaryl/α,β-unsaturated/α-hetero) is 2. The van der Waals surface area contributed by atoms with Crippen molar-refractivity contribution in [2.45, 2.75) is 44.2 Å². The lowest BCUT2D eigenvalue weighted by atomic mass is 9.58. The lowest BCUT2D eigenvalue weighted by Crippen LogP contribution is -2.63. The van der Waals surface area contributed by atoms with Gasteiger partial charge in [0.15, 0.2) is 17.1 Å². The Bertz CT molecular complexity index is 1410. The van der Waals surface area contributed by atoms with Gasteiger partial charge in [-0.2, -0.15) is 0 Å². The maximum atomic E-state index is 14.1. The first kappa shape index (κ1) is 31.0. The van der Waals surface area contributed by atoms with E-state index in [0.717, 1.165) is 12.8 Å². The highest BCUT2D eigenvalue weighted by atomic mass is 16.3. The number of likely N-dealkylation sites (N-methyl/N-ethyl adjacent to an activating group) is 1. The van der Waals surface area contributed by atoms with Crippen LogP contribution in [0.2, 0.25) is 0 Å². The lowest BCUT2D eigenvalue weighted by Gasteiger charge is -2.50. The van der Waals surface area contributed by atoms with Gasteiger partial charge in [0.1, 0.15) is 17.1 Å². The molecule has 4 rings (SSSR count). The lowest BCUT2D eigenvalue weighted by molar-refractivity contribution is -0.148. The Kier molecular flexibility index (Phi) is 8.40. The second-order valence-electron chi connectivity index (χ2n) is 11.6. The summed E-state index contributed by atoms with van der Waals surface area (Å²) in [5.74, 6) is -7.72. The number of fused-ring (bicyclic) bond motifs is 3. The van der Waals surface area contributed by atoms with E-state index in [1.54, 1.807) is 39.2 Å². The van der Waals surface area contributed by atoms with E-state index in [0.29, 0.717) is 17.8 Å². The van der Waals surface area contributed by atoms with Gasteiger partial charge in [0.25, 0.3) is 5.91 Å². The smallest absolute Gasteiger partial charge is 0.255 e. The van der Waals surface area contributed by atoms with Crippen molar-refractivity contribution in [1.82, 2.24) is 10.2 Å². The molecule has 3 aliphatic carbocycles. The molecule has 8 N–H and O–H groups in total. The number of ketones is 2. The summed E-state index contributed by atoms with van der Waals surface area (Å²) in [6.45, 7) is 2.65. The fraction of sp³-hybridized carbons (Fsp3) is 0.517. The molecule has 0 heterocycles. The molecule has 0 spiro atoms. The summed E-state index contributed by atoms with van der Waals surface area (Å²) in [6, 6.07) is 0.500. The van der Waals surface area contributed by atoms with Crippen molar-refractivity contribution in [2.75, 3.05) is 51.5 Å². The summed E-state index contributed by atoms with van der Waals surface area (Å²) in [5, 5.41) is 51.0. The molecular weight excluding hydrogens is 546 g/mol. The number of allylic oxidation sites excluding steroid dienone is 1. The van der Waals surface area contributed by atoms with Crippen LogP contribution in [-0.4, -0.2) is 102 Å². The number of nitrogens with zero attached hydrogens (tertiary/aromatic N) is 2. The summed E-state index contributed by atoms with van der Waals surface area (Å²) >= 11 is 0. The van der Waals surface area contributed by atoms with Crippen LogP contribution >= 0.6 is 0 Å². The van der Waals surface area contributed by atoms with Crippen LogP contribution in [0.4, 0.5) is 11.4 Å². The number of hydrogen-bond donors (Lipinski definition) is 7. The standard InChI is InChI=1S/C29H39N5O8/c1-6-7-8-31-12-18(35)32-16-11-17(33(2)3)14-9-13-10-15-22(34(4)5)25(38)21(28(30)41)27(40)29(15,42)26(39)19(13)24(37)20(14)23(16)36/h11,13,15,22,31,36,38-39,42H,6-10,12H2,1-5H3,(H2,30,41)(H,32,35)/t13-,15-,22-,29-/m0/s1. The van der Waals surface area contributed by atoms with Crippen LogP contribution < -0.4 is 21.3 Å². The minimum absolute atomic E-state index is 0.00989.